The van der Waals surface area contributed by atoms with E-state index in [0.717, 1.165) is 6.61 Å². The number of hydrogen-bond acceptors (Lipinski definition) is 3. The summed E-state index contributed by atoms with van der Waals surface area (Å²) in [5, 5.41) is 9.92. The molecule has 3 saturated heterocycles. The molecule has 3 aliphatic heterocycles. The Morgan fingerprint density at radius 1 is 1.08 bits per heavy atom. The maximum absolute atomic E-state index is 9.92. The summed E-state index contributed by atoms with van der Waals surface area (Å²) >= 11 is 0. The molecule has 3 fully saturated rings. The molecular weight excluding hydrogens is 168 g/mol. The molecule has 0 amide bonds. The highest BCUT2D eigenvalue weighted by Crippen LogP contribution is 2.48. The molecule has 3 nitrogen and oxygen atoms in total. The minimum atomic E-state index is -0.394. The second-order valence-corrected chi connectivity index (χ2v) is 4.74. The van der Waals surface area contributed by atoms with E-state index in [2.05, 4.69) is 13.8 Å². The molecule has 3 heteroatoms. The Kier molecular flexibility index (Phi) is 1.56. The quantitative estimate of drug-likeness (QED) is 0.593. The third-order valence-corrected chi connectivity index (χ3v) is 4.12. The van der Waals surface area contributed by atoms with Gasteiger partial charge in [0.2, 0.25) is 0 Å². The van der Waals surface area contributed by atoms with Gasteiger partial charge >= 0.3 is 0 Å². The fourth-order valence-electron chi connectivity index (χ4n) is 3.29. The molecule has 0 aromatic heterocycles. The maximum Gasteiger partial charge on any atom is 0.107 e. The molecule has 0 aromatic rings. The summed E-state index contributed by atoms with van der Waals surface area (Å²) in [7, 11) is 0. The molecule has 0 saturated carbocycles. The van der Waals surface area contributed by atoms with E-state index in [1.165, 1.54) is 0 Å². The van der Waals surface area contributed by atoms with Gasteiger partial charge in [-0.25, -0.2) is 0 Å². The first-order valence-electron chi connectivity index (χ1n) is 5.15. The molecular formula is C10H16O3. The summed E-state index contributed by atoms with van der Waals surface area (Å²) in [6, 6.07) is 0. The van der Waals surface area contributed by atoms with E-state index in [1.54, 1.807) is 0 Å². The van der Waals surface area contributed by atoms with Gasteiger partial charge in [0.05, 0.1) is 24.9 Å². The maximum atomic E-state index is 9.92. The molecule has 74 valence electrons. The van der Waals surface area contributed by atoms with Gasteiger partial charge in [-0.05, 0) is 5.92 Å². The van der Waals surface area contributed by atoms with Gasteiger partial charge in [0.1, 0.15) is 6.10 Å². The molecule has 3 heterocycles. The topological polar surface area (TPSA) is 38.7 Å². The number of aliphatic hydroxyl groups is 1. The highest BCUT2D eigenvalue weighted by molar-refractivity contribution is 5.06. The molecule has 3 aliphatic rings. The van der Waals surface area contributed by atoms with E-state index in [4.69, 9.17) is 9.47 Å². The van der Waals surface area contributed by atoms with E-state index in [9.17, 15) is 5.11 Å². The second-order valence-electron chi connectivity index (χ2n) is 4.74. The lowest BCUT2D eigenvalue weighted by Crippen LogP contribution is -2.55. The molecule has 3 bridgehead atoms. The molecule has 0 aliphatic carbocycles. The zero-order valence-corrected chi connectivity index (χ0v) is 8.01. The standard InChI is InChI=1S/C10H16O3/c1-4-6-3-12-9-5(2)8(4)13-10(6)7(9)11/h4-11H,3H2,1-2H3/t4-,5-,6-,7+,8-,9+,10+/m0/s1. The minimum absolute atomic E-state index is 0.0185. The molecule has 0 radical (unpaired) electrons. The van der Waals surface area contributed by atoms with E-state index < -0.39 is 6.10 Å². The Morgan fingerprint density at radius 3 is 2.62 bits per heavy atom. The van der Waals surface area contributed by atoms with Gasteiger partial charge in [-0.1, -0.05) is 13.8 Å². The fraction of sp³-hybridized carbons (Fsp3) is 1.00. The van der Waals surface area contributed by atoms with Crippen LogP contribution < -0.4 is 0 Å². The highest BCUT2D eigenvalue weighted by atomic mass is 16.6. The van der Waals surface area contributed by atoms with Crippen LogP contribution in [-0.4, -0.2) is 36.1 Å². The van der Waals surface area contributed by atoms with Crippen LogP contribution in [0.25, 0.3) is 0 Å². The van der Waals surface area contributed by atoms with Gasteiger partial charge < -0.3 is 14.6 Å². The smallest absolute Gasteiger partial charge is 0.107 e. The molecule has 7 atom stereocenters. The first-order chi connectivity index (χ1) is 6.20. The molecule has 0 aromatic carbocycles. The summed E-state index contributed by atoms with van der Waals surface area (Å²) in [6.45, 7) is 5.11. The van der Waals surface area contributed by atoms with Crippen molar-refractivity contribution in [1.82, 2.24) is 0 Å². The average molecular weight is 184 g/mol. The number of hydrogen-bond donors (Lipinski definition) is 1. The Hall–Kier alpha value is -0.120. The lowest BCUT2D eigenvalue weighted by molar-refractivity contribution is -0.219. The molecule has 1 N–H and O–H groups in total. The second kappa shape index (κ2) is 2.47. The SMILES string of the molecule is C[C@H]1[C@@H]2CO[C@@H]3[C@@H](C)[C@H]1O[C@H]2[C@@H]3O. The van der Waals surface area contributed by atoms with Gasteiger partial charge in [-0.3, -0.25) is 0 Å². The van der Waals surface area contributed by atoms with Crippen molar-refractivity contribution < 1.29 is 14.6 Å². The molecule has 0 spiro atoms. The van der Waals surface area contributed by atoms with Crippen molar-refractivity contribution in [3.8, 4) is 0 Å². The van der Waals surface area contributed by atoms with Crippen LogP contribution in [0, 0.1) is 17.8 Å². The Morgan fingerprint density at radius 2 is 1.85 bits per heavy atom. The largest absolute Gasteiger partial charge is 0.388 e. The van der Waals surface area contributed by atoms with Crippen LogP contribution in [0.4, 0.5) is 0 Å². The van der Waals surface area contributed by atoms with Crippen LogP contribution in [0.5, 0.6) is 0 Å². The lowest BCUT2D eigenvalue weighted by atomic mass is 9.88. The monoisotopic (exact) mass is 184 g/mol. The highest BCUT2D eigenvalue weighted by Gasteiger charge is 2.59. The van der Waals surface area contributed by atoms with E-state index in [-0.39, 0.29) is 12.2 Å². The fourth-order valence-corrected chi connectivity index (χ4v) is 3.29. The van der Waals surface area contributed by atoms with E-state index >= 15 is 0 Å². The Balaban J connectivity index is 2.01. The van der Waals surface area contributed by atoms with E-state index in [0.29, 0.717) is 23.9 Å². The van der Waals surface area contributed by atoms with Crippen molar-refractivity contribution in [3.05, 3.63) is 0 Å². The Labute approximate surface area is 78.0 Å². The number of fused-ring (bicyclic) bond motifs is 2. The summed E-state index contributed by atoms with van der Waals surface area (Å²) in [4.78, 5) is 0. The first kappa shape index (κ1) is 8.21. The van der Waals surface area contributed by atoms with Crippen molar-refractivity contribution in [2.24, 2.45) is 17.8 Å². The first-order valence-corrected chi connectivity index (χ1v) is 5.15. The zero-order chi connectivity index (χ0) is 9.16. The van der Waals surface area contributed by atoms with Gasteiger partial charge in [0, 0.05) is 11.8 Å². The van der Waals surface area contributed by atoms with Crippen LogP contribution in [-0.2, 0) is 9.47 Å². The predicted octanol–water partition coefficient (Wildman–Crippen LogP) is 0.416. The van der Waals surface area contributed by atoms with Crippen LogP contribution in [0.2, 0.25) is 0 Å². The Bertz CT molecular complexity index is 208. The van der Waals surface area contributed by atoms with E-state index in [1.807, 2.05) is 0 Å². The van der Waals surface area contributed by atoms with Crippen molar-refractivity contribution >= 4 is 0 Å². The predicted molar refractivity (Wildman–Crippen MR) is 46.2 cm³/mol. The third-order valence-electron chi connectivity index (χ3n) is 4.12. The van der Waals surface area contributed by atoms with Crippen molar-refractivity contribution in [1.29, 1.82) is 0 Å². The van der Waals surface area contributed by atoms with Crippen LogP contribution in [0.15, 0.2) is 0 Å². The van der Waals surface area contributed by atoms with Crippen molar-refractivity contribution in [2.75, 3.05) is 6.61 Å². The van der Waals surface area contributed by atoms with Crippen LogP contribution in [0.3, 0.4) is 0 Å². The van der Waals surface area contributed by atoms with Crippen LogP contribution >= 0.6 is 0 Å². The average Bonchev–Trinajstić information content (AvgIpc) is 2.35. The number of aliphatic hydroxyl groups excluding tert-OH is 1. The normalized spacial score (nSPS) is 64.4. The minimum Gasteiger partial charge on any atom is -0.388 e. The summed E-state index contributed by atoms with van der Waals surface area (Å²) < 4.78 is 11.5. The zero-order valence-electron chi connectivity index (χ0n) is 8.01. The van der Waals surface area contributed by atoms with Crippen molar-refractivity contribution in [2.45, 2.75) is 38.3 Å². The van der Waals surface area contributed by atoms with Gasteiger partial charge in [-0.2, -0.15) is 0 Å². The van der Waals surface area contributed by atoms with Gasteiger partial charge in [-0.15, -0.1) is 0 Å². The lowest BCUT2D eigenvalue weighted by Gasteiger charge is -2.42. The number of ether oxygens (including phenoxy) is 2. The summed E-state index contributed by atoms with van der Waals surface area (Å²) in [6.07, 6.45) is -0.0132. The van der Waals surface area contributed by atoms with Gasteiger partial charge in [0.15, 0.2) is 0 Å². The third kappa shape index (κ3) is 0.853. The number of rotatable bonds is 0. The van der Waals surface area contributed by atoms with Gasteiger partial charge in [0.25, 0.3) is 0 Å². The van der Waals surface area contributed by atoms with Crippen LogP contribution in [0.1, 0.15) is 13.8 Å². The molecule has 13 heavy (non-hydrogen) atoms. The molecule has 3 rings (SSSR count). The van der Waals surface area contributed by atoms with Crippen molar-refractivity contribution in [3.63, 3.8) is 0 Å². The summed E-state index contributed by atoms with van der Waals surface area (Å²) in [5.74, 6) is 1.30. The molecule has 0 unspecified atom stereocenters. The summed E-state index contributed by atoms with van der Waals surface area (Å²) in [5.41, 5.74) is 0.